The van der Waals surface area contributed by atoms with E-state index in [1.165, 1.54) is 12.0 Å². The van der Waals surface area contributed by atoms with Gasteiger partial charge in [0.25, 0.3) is 5.78 Å². The van der Waals surface area contributed by atoms with Gasteiger partial charge in [-0.25, -0.2) is 4.79 Å². The zero-order valence-corrected chi connectivity index (χ0v) is 19.9. The summed E-state index contributed by atoms with van der Waals surface area (Å²) in [5.74, 6) is -1.69. The first kappa shape index (κ1) is 22.7. The number of methoxy groups -OCH3 is 1. The normalized spacial score (nSPS) is 19.0. The largest absolute Gasteiger partial charge is 0.494 e. The van der Waals surface area contributed by atoms with E-state index >= 15 is 0 Å². The number of carbonyl (C=O) groups excluding carboxylic acids is 3. The first-order chi connectivity index (χ1) is 17.0. The van der Waals surface area contributed by atoms with Crippen molar-refractivity contribution in [3.05, 3.63) is 90.0 Å². The van der Waals surface area contributed by atoms with Gasteiger partial charge in [0.15, 0.2) is 0 Å². The molecule has 1 unspecified atom stereocenters. The molecule has 8 heteroatoms. The van der Waals surface area contributed by atoms with Crippen molar-refractivity contribution in [2.24, 2.45) is 0 Å². The van der Waals surface area contributed by atoms with Crippen LogP contribution in [0.1, 0.15) is 12.5 Å². The predicted octanol–water partition coefficient (Wildman–Crippen LogP) is 4.50. The predicted molar refractivity (Wildman–Crippen MR) is 134 cm³/mol. The van der Waals surface area contributed by atoms with E-state index in [0.29, 0.717) is 39.9 Å². The molecule has 7 nitrogen and oxygen atoms in total. The highest BCUT2D eigenvalue weighted by molar-refractivity contribution is 8.02. The summed E-state index contributed by atoms with van der Waals surface area (Å²) in [6.07, 6.45) is 0. The minimum absolute atomic E-state index is 0.0376. The van der Waals surface area contributed by atoms with Gasteiger partial charge in [-0.2, -0.15) is 0 Å². The molecule has 2 heterocycles. The number of fused-ring (bicyclic) bond motifs is 2. The number of rotatable bonds is 5. The number of thioether (sulfide) groups is 1. The van der Waals surface area contributed by atoms with Crippen LogP contribution < -0.4 is 15.0 Å². The molecule has 2 aliphatic rings. The van der Waals surface area contributed by atoms with Crippen LogP contribution in [0.25, 0.3) is 5.70 Å². The lowest BCUT2D eigenvalue weighted by Crippen LogP contribution is -2.51. The van der Waals surface area contributed by atoms with Crippen molar-refractivity contribution in [2.75, 3.05) is 23.9 Å². The maximum absolute atomic E-state index is 13.7. The molecule has 0 aliphatic carbocycles. The topological polar surface area (TPSA) is 84.9 Å². The van der Waals surface area contributed by atoms with Crippen LogP contribution in [0.4, 0.5) is 11.4 Å². The van der Waals surface area contributed by atoms with E-state index in [2.05, 4.69) is 5.32 Å². The van der Waals surface area contributed by atoms with Gasteiger partial charge < -0.3 is 14.8 Å². The molecule has 1 atom stereocenters. The Kier molecular flexibility index (Phi) is 5.82. The van der Waals surface area contributed by atoms with Crippen molar-refractivity contribution in [1.82, 2.24) is 0 Å². The number of Topliss-reactive ketones (excluding diaryl/α,β-unsaturated/α-hetero) is 1. The minimum atomic E-state index is -1.78. The summed E-state index contributed by atoms with van der Waals surface area (Å²) in [7, 11) is 1.26. The van der Waals surface area contributed by atoms with E-state index < -0.39 is 22.5 Å². The highest BCUT2D eigenvalue weighted by atomic mass is 32.2. The number of benzene rings is 3. The SMILES string of the molecule is CCOc1ccc(N2C(=O)C(=O)C3=C(c4ccccc4)Nc4ccccc4SC32C(=O)OC)cc1. The zero-order valence-electron chi connectivity index (χ0n) is 19.1. The Morgan fingerprint density at radius 2 is 1.66 bits per heavy atom. The van der Waals surface area contributed by atoms with Crippen LogP contribution in [0.15, 0.2) is 89.3 Å². The molecular weight excluding hydrogens is 464 g/mol. The first-order valence-corrected chi connectivity index (χ1v) is 11.9. The third-order valence-electron chi connectivity index (χ3n) is 5.86. The van der Waals surface area contributed by atoms with E-state index in [-0.39, 0.29) is 5.57 Å². The summed E-state index contributed by atoms with van der Waals surface area (Å²) in [5, 5.41) is 3.33. The lowest BCUT2D eigenvalue weighted by molar-refractivity contribution is -0.142. The molecule has 3 aromatic carbocycles. The Balaban J connectivity index is 1.82. The molecule has 1 saturated heterocycles. The van der Waals surface area contributed by atoms with Gasteiger partial charge in [-0.3, -0.25) is 14.5 Å². The van der Waals surface area contributed by atoms with Gasteiger partial charge in [0.05, 0.1) is 30.7 Å². The number of ketones is 1. The maximum atomic E-state index is 13.7. The molecule has 1 fully saturated rings. The van der Waals surface area contributed by atoms with Crippen LogP contribution in [-0.4, -0.2) is 36.2 Å². The number of nitrogens with zero attached hydrogens (tertiary/aromatic N) is 1. The molecule has 5 rings (SSSR count). The summed E-state index contributed by atoms with van der Waals surface area (Å²) < 4.78 is 10.8. The molecule has 35 heavy (non-hydrogen) atoms. The standard InChI is InChI=1S/C27H22N2O5S/c1-3-34-19-15-13-18(14-16-19)29-25(31)24(30)22-23(17-9-5-4-6-10-17)28-20-11-7-8-12-21(20)35-27(22,29)26(32)33-2/h4-16,28H,3H2,1-2H3. The lowest BCUT2D eigenvalue weighted by atomic mass is 9.98. The van der Waals surface area contributed by atoms with Crippen molar-refractivity contribution < 1.29 is 23.9 Å². The zero-order chi connectivity index (χ0) is 24.6. The van der Waals surface area contributed by atoms with Gasteiger partial charge >= 0.3 is 11.9 Å². The molecule has 1 N–H and O–H groups in total. The third-order valence-corrected chi connectivity index (χ3v) is 7.29. The number of anilines is 2. The summed E-state index contributed by atoms with van der Waals surface area (Å²) in [6.45, 7) is 2.36. The van der Waals surface area contributed by atoms with Gasteiger partial charge in [0.2, 0.25) is 4.87 Å². The molecule has 3 aromatic rings. The molecule has 0 spiro atoms. The second kappa shape index (κ2) is 8.96. The van der Waals surface area contributed by atoms with Gasteiger partial charge in [-0.05, 0) is 48.9 Å². The van der Waals surface area contributed by atoms with Crippen molar-refractivity contribution in [3.8, 4) is 5.75 Å². The van der Waals surface area contributed by atoms with Crippen LogP contribution in [-0.2, 0) is 19.1 Å². The second-order valence-electron chi connectivity index (χ2n) is 7.87. The number of carbonyl (C=O) groups is 3. The van der Waals surface area contributed by atoms with Crippen LogP contribution >= 0.6 is 11.8 Å². The number of esters is 1. The summed E-state index contributed by atoms with van der Waals surface area (Å²) in [5.41, 5.74) is 2.19. The number of nitrogens with one attached hydrogen (secondary N) is 1. The number of ether oxygens (including phenoxy) is 2. The Labute approximate surface area is 206 Å². The fourth-order valence-corrected chi connectivity index (χ4v) is 5.80. The lowest BCUT2D eigenvalue weighted by Gasteiger charge is -2.34. The van der Waals surface area contributed by atoms with Crippen molar-refractivity contribution in [2.45, 2.75) is 16.7 Å². The van der Waals surface area contributed by atoms with Gasteiger partial charge in [0, 0.05) is 10.6 Å². The summed E-state index contributed by atoms with van der Waals surface area (Å²) >= 11 is 1.11. The fraction of sp³-hybridized carbons (Fsp3) is 0.148. The Hall–Kier alpha value is -4.04. The number of para-hydroxylation sites is 1. The molecule has 0 saturated carbocycles. The van der Waals surface area contributed by atoms with E-state index in [0.717, 1.165) is 11.8 Å². The number of amides is 1. The maximum Gasteiger partial charge on any atom is 0.348 e. The van der Waals surface area contributed by atoms with Crippen LogP contribution in [0.3, 0.4) is 0 Å². The Morgan fingerprint density at radius 1 is 0.971 bits per heavy atom. The monoisotopic (exact) mass is 486 g/mol. The quantitative estimate of drug-likeness (QED) is 0.420. The average Bonchev–Trinajstić information content (AvgIpc) is 3.01. The molecule has 0 bridgehead atoms. The van der Waals surface area contributed by atoms with E-state index in [1.54, 1.807) is 24.3 Å². The van der Waals surface area contributed by atoms with Crippen molar-refractivity contribution >= 4 is 46.5 Å². The molecule has 0 aromatic heterocycles. The molecule has 176 valence electrons. The van der Waals surface area contributed by atoms with Crippen LogP contribution in [0.5, 0.6) is 5.75 Å². The molecule has 0 radical (unpaired) electrons. The van der Waals surface area contributed by atoms with Gasteiger partial charge in [-0.1, -0.05) is 54.2 Å². The highest BCUT2D eigenvalue weighted by Gasteiger charge is 2.64. The smallest absolute Gasteiger partial charge is 0.348 e. The average molecular weight is 487 g/mol. The molecule has 1 amide bonds. The van der Waals surface area contributed by atoms with Crippen LogP contribution in [0.2, 0.25) is 0 Å². The second-order valence-corrected chi connectivity index (χ2v) is 9.11. The van der Waals surface area contributed by atoms with E-state index in [1.807, 2.05) is 61.5 Å². The van der Waals surface area contributed by atoms with Gasteiger partial charge in [-0.15, -0.1) is 0 Å². The van der Waals surface area contributed by atoms with Crippen LogP contribution in [0, 0.1) is 0 Å². The summed E-state index contributed by atoms with van der Waals surface area (Å²) in [4.78, 5) is 41.1. The van der Waals surface area contributed by atoms with Gasteiger partial charge in [0.1, 0.15) is 5.75 Å². The first-order valence-electron chi connectivity index (χ1n) is 11.1. The highest BCUT2D eigenvalue weighted by Crippen LogP contribution is 2.54. The Morgan fingerprint density at radius 3 is 2.34 bits per heavy atom. The van der Waals surface area contributed by atoms with Crippen molar-refractivity contribution in [3.63, 3.8) is 0 Å². The molecular formula is C27H22N2O5S. The third kappa shape index (κ3) is 3.57. The summed E-state index contributed by atoms with van der Waals surface area (Å²) in [6, 6.07) is 23.3. The molecule has 2 aliphatic heterocycles. The minimum Gasteiger partial charge on any atom is -0.494 e. The van der Waals surface area contributed by atoms with E-state index in [9.17, 15) is 14.4 Å². The number of hydrogen-bond acceptors (Lipinski definition) is 7. The number of hydrogen-bond donors (Lipinski definition) is 1. The van der Waals surface area contributed by atoms with Crippen molar-refractivity contribution in [1.29, 1.82) is 0 Å². The fourth-order valence-electron chi connectivity index (χ4n) is 4.36. The Bertz CT molecular complexity index is 1350. The van der Waals surface area contributed by atoms with E-state index in [4.69, 9.17) is 9.47 Å².